The van der Waals surface area contributed by atoms with Gasteiger partial charge < -0.3 is 14.2 Å². The Morgan fingerprint density at radius 3 is 2.54 bits per heavy atom. The number of carbonyl (C=O) groups is 2. The monoisotopic (exact) mass is 514 g/mol. The Hall–Kier alpha value is -1.20. The number of hydrogen-bond acceptors (Lipinski definition) is 5. The quantitative estimate of drug-likeness (QED) is 0.220. The highest BCUT2D eigenvalue weighted by atomic mass is 16.7. The van der Waals surface area contributed by atoms with Gasteiger partial charge >= 0.3 is 5.97 Å². The van der Waals surface area contributed by atoms with Gasteiger partial charge in [0.15, 0.2) is 12.1 Å². The van der Waals surface area contributed by atoms with Crippen LogP contribution in [0.4, 0.5) is 0 Å². The molecule has 0 aromatic rings. The summed E-state index contributed by atoms with van der Waals surface area (Å²) in [5.74, 6) is 2.78. The summed E-state index contributed by atoms with van der Waals surface area (Å²) in [5, 5.41) is 0. The van der Waals surface area contributed by atoms with Gasteiger partial charge in [0.2, 0.25) is 0 Å². The third kappa shape index (κ3) is 4.75. The fourth-order valence-electron chi connectivity index (χ4n) is 9.96. The zero-order valence-electron chi connectivity index (χ0n) is 23.9. The van der Waals surface area contributed by atoms with E-state index in [0.717, 1.165) is 63.5 Å². The zero-order valence-corrected chi connectivity index (χ0v) is 23.9. The Balaban J connectivity index is 1.34. The Morgan fingerprint density at radius 1 is 1.08 bits per heavy atom. The maximum atomic E-state index is 14.3. The Kier molecular flexibility index (Phi) is 7.96. The Bertz CT molecular complexity index is 890. The number of hydrogen-bond donors (Lipinski definition) is 0. The molecule has 4 aliphatic carbocycles. The number of carbonyl (C=O) groups excluding carboxylic acids is 2. The van der Waals surface area contributed by atoms with Gasteiger partial charge in [-0.25, -0.2) is 0 Å². The number of Topliss-reactive ketones (excluding diaryl/α,β-unsaturated/α-hetero) is 1. The van der Waals surface area contributed by atoms with Crippen molar-refractivity contribution in [3.05, 3.63) is 11.6 Å². The summed E-state index contributed by atoms with van der Waals surface area (Å²) in [6.07, 6.45) is 14.9. The van der Waals surface area contributed by atoms with Crippen LogP contribution in [0.1, 0.15) is 105 Å². The first-order valence-corrected chi connectivity index (χ1v) is 15.3. The van der Waals surface area contributed by atoms with Crippen molar-refractivity contribution < 1.29 is 23.8 Å². The molecule has 5 aliphatic rings. The minimum Gasteiger partial charge on any atom is -0.469 e. The van der Waals surface area contributed by atoms with E-state index in [1.54, 1.807) is 0 Å². The number of esters is 1. The van der Waals surface area contributed by atoms with Gasteiger partial charge in [-0.2, -0.15) is 0 Å². The van der Waals surface area contributed by atoms with E-state index in [1.165, 1.54) is 26.4 Å². The van der Waals surface area contributed by atoms with Gasteiger partial charge in [0.25, 0.3) is 0 Å². The molecule has 0 radical (unpaired) electrons. The van der Waals surface area contributed by atoms with E-state index < -0.39 is 0 Å². The molecule has 5 heteroatoms. The number of ether oxygens (including phenoxy) is 3. The molecule has 0 aromatic heterocycles. The first-order valence-electron chi connectivity index (χ1n) is 15.3. The van der Waals surface area contributed by atoms with Crippen LogP contribution in [0.2, 0.25) is 0 Å². The molecule has 1 aliphatic heterocycles. The first-order chi connectivity index (χ1) is 17.7. The van der Waals surface area contributed by atoms with Crippen molar-refractivity contribution in [1.29, 1.82) is 0 Å². The van der Waals surface area contributed by atoms with E-state index in [1.807, 2.05) is 0 Å². The molecule has 0 bridgehead atoms. The molecule has 10 atom stereocenters. The van der Waals surface area contributed by atoms with Crippen LogP contribution in [-0.2, 0) is 23.8 Å². The summed E-state index contributed by atoms with van der Waals surface area (Å²) in [6.45, 7) is 10.2. The van der Waals surface area contributed by atoms with Crippen LogP contribution in [0.25, 0.3) is 0 Å². The maximum Gasteiger partial charge on any atom is 0.305 e. The molecule has 0 spiro atoms. The lowest BCUT2D eigenvalue weighted by Crippen LogP contribution is -2.58. The smallest absolute Gasteiger partial charge is 0.305 e. The number of allylic oxidation sites excluding steroid dienone is 2. The predicted octanol–water partition coefficient (Wildman–Crippen LogP) is 6.88. The maximum absolute atomic E-state index is 14.3. The molecule has 1 saturated heterocycles. The molecule has 37 heavy (non-hydrogen) atoms. The van der Waals surface area contributed by atoms with Crippen LogP contribution in [0.5, 0.6) is 0 Å². The number of rotatable bonds is 6. The van der Waals surface area contributed by atoms with E-state index in [9.17, 15) is 9.59 Å². The summed E-state index contributed by atoms with van der Waals surface area (Å²) in [4.78, 5) is 26.1. The van der Waals surface area contributed by atoms with Crippen molar-refractivity contribution in [2.45, 2.75) is 117 Å². The normalized spacial score (nSPS) is 45.6. The zero-order chi connectivity index (χ0) is 26.4. The third-order valence-corrected chi connectivity index (χ3v) is 12.0. The van der Waals surface area contributed by atoms with Crippen molar-refractivity contribution in [2.24, 2.45) is 46.3 Å². The van der Waals surface area contributed by atoms with E-state index in [0.29, 0.717) is 41.8 Å². The second kappa shape index (κ2) is 10.8. The highest BCUT2D eigenvalue weighted by Gasteiger charge is 2.64. The largest absolute Gasteiger partial charge is 0.469 e. The molecule has 1 heterocycles. The number of ketones is 1. The minimum atomic E-state index is -0.107. The summed E-state index contributed by atoms with van der Waals surface area (Å²) < 4.78 is 17.3. The molecular weight excluding hydrogens is 464 g/mol. The highest BCUT2D eigenvalue weighted by molar-refractivity contribution is 5.99. The SMILES string of the molecule is C/C=C1/C(=O)C2C3CCC([C@H](C)CCC(=O)OC)[C@@]3(C)CCC2[C@@]2(C)CC[C@@H](OC3CCCCO3)C[C@@H]12. The number of fused-ring (bicyclic) bond motifs is 5. The van der Waals surface area contributed by atoms with Gasteiger partial charge in [-0.05, 0) is 124 Å². The Labute approximate surface area is 224 Å². The molecule has 0 amide bonds. The van der Waals surface area contributed by atoms with Gasteiger partial charge in [0.05, 0.1) is 13.2 Å². The van der Waals surface area contributed by atoms with E-state index in [-0.39, 0.29) is 35.1 Å². The van der Waals surface area contributed by atoms with Crippen LogP contribution in [0, 0.1) is 46.3 Å². The molecule has 208 valence electrons. The lowest BCUT2D eigenvalue weighted by atomic mass is 9.43. The van der Waals surface area contributed by atoms with Crippen molar-refractivity contribution in [1.82, 2.24) is 0 Å². The Morgan fingerprint density at radius 2 is 1.84 bits per heavy atom. The molecule has 5 nitrogen and oxygen atoms in total. The van der Waals surface area contributed by atoms with Crippen LogP contribution >= 0.6 is 0 Å². The van der Waals surface area contributed by atoms with Crippen molar-refractivity contribution in [3.8, 4) is 0 Å². The van der Waals surface area contributed by atoms with Crippen molar-refractivity contribution in [2.75, 3.05) is 13.7 Å². The highest BCUT2D eigenvalue weighted by Crippen LogP contribution is 2.68. The van der Waals surface area contributed by atoms with Gasteiger partial charge in [0, 0.05) is 18.9 Å². The average Bonchev–Trinajstić information content (AvgIpc) is 3.26. The fourth-order valence-corrected chi connectivity index (χ4v) is 9.96. The predicted molar refractivity (Wildman–Crippen MR) is 144 cm³/mol. The van der Waals surface area contributed by atoms with E-state index in [2.05, 4.69) is 33.8 Å². The van der Waals surface area contributed by atoms with Crippen molar-refractivity contribution >= 4 is 11.8 Å². The van der Waals surface area contributed by atoms with Crippen LogP contribution in [0.3, 0.4) is 0 Å². The van der Waals surface area contributed by atoms with Gasteiger partial charge in [-0.1, -0.05) is 26.8 Å². The molecule has 0 aromatic carbocycles. The second-order valence-corrected chi connectivity index (χ2v) is 13.6. The standard InChI is InChI=1S/C32H50O5/c1-6-22-26-19-21(37-28-9-7-8-18-36-28)14-16-32(26,4)25-15-17-31(3)23(20(2)10-13-27(33)35-5)11-12-24(31)29(25)30(22)34/h6,20-21,23-26,28-29H,7-19H2,1-5H3/b22-6+/t20-,21-,23?,24?,25?,26+,28?,29?,31-,32-/m1/s1. The van der Waals surface area contributed by atoms with Gasteiger partial charge in [0.1, 0.15) is 0 Å². The summed E-state index contributed by atoms with van der Waals surface area (Å²) in [6, 6.07) is 0. The topological polar surface area (TPSA) is 61.8 Å². The van der Waals surface area contributed by atoms with Crippen LogP contribution < -0.4 is 0 Å². The molecule has 0 N–H and O–H groups in total. The van der Waals surface area contributed by atoms with Gasteiger partial charge in [-0.15, -0.1) is 0 Å². The first kappa shape index (κ1) is 27.4. The molecule has 5 unspecified atom stereocenters. The van der Waals surface area contributed by atoms with Crippen LogP contribution in [0.15, 0.2) is 11.6 Å². The number of methoxy groups -OCH3 is 1. The second-order valence-electron chi connectivity index (χ2n) is 13.6. The summed E-state index contributed by atoms with van der Waals surface area (Å²) in [7, 11) is 1.48. The van der Waals surface area contributed by atoms with Crippen molar-refractivity contribution in [3.63, 3.8) is 0 Å². The van der Waals surface area contributed by atoms with E-state index in [4.69, 9.17) is 14.2 Å². The van der Waals surface area contributed by atoms with Gasteiger partial charge in [-0.3, -0.25) is 9.59 Å². The fraction of sp³-hybridized carbons (Fsp3) is 0.875. The third-order valence-electron chi connectivity index (χ3n) is 12.0. The van der Waals surface area contributed by atoms with Crippen LogP contribution in [-0.4, -0.2) is 37.9 Å². The lowest BCUT2D eigenvalue weighted by molar-refractivity contribution is -0.207. The molecule has 5 fully saturated rings. The van der Waals surface area contributed by atoms with E-state index >= 15 is 0 Å². The molecular formula is C32H50O5. The molecule has 4 saturated carbocycles. The summed E-state index contributed by atoms with van der Waals surface area (Å²) in [5.41, 5.74) is 1.45. The molecule has 5 rings (SSSR count). The summed E-state index contributed by atoms with van der Waals surface area (Å²) >= 11 is 0. The minimum absolute atomic E-state index is 0.0591. The lowest BCUT2D eigenvalue weighted by Gasteiger charge is -2.61. The average molecular weight is 515 g/mol.